The van der Waals surface area contributed by atoms with Crippen LogP contribution in [0.3, 0.4) is 0 Å². The van der Waals surface area contributed by atoms with Crippen LogP contribution in [0.25, 0.3) is 55.3 Å². The van der Waals surface area contributed by atoms with Crippen molar-refractivity contribution < 1.29 is 0 Å². The summed E-state index contributed by atoms with van der Waals surface area (Å²) in [7, 11) is 0. The van der Waals surface area contributed by atoms with Crippen molar-refractivity contribution >= 4 is 21.9 Å². The van der Waals surface area contributed by atoms with Crippen LogP contribution >= 0.6 is 0 Å². The summed E-state index contributed by atoms with van der Waals surface area (Å²) in [6.07, 6.45) is 12.3. The molecule has 246 valence electrons. The summed E-state index contributed by atoms with van der Waals surface area (Å²) in [6, 6.07) is 41.8. The van der Waals surface area contributed by atoms with Crippen LogP contribution in [0.4, 0.5) is 0 Å². The summed E-state index contributed by atoms with van der Waals surface area (Å²) in [4.78, 5) is 0. The molecule has 0 unspecified atom stereocenters. The Morgan fingerprint density at radius 1 is 0.608 bits per heavy atom. The second-order valence-corrected chi connectivity index (χ2v) is 16.0. The van der Waals surface area contributed by atoms with E-state index in [1.165, 1.54) is 105 Å². The van der Waals surface area contributed by atoms with Gasteiger partial charge in [0.2, 0.25) is 0 Å². The minimum Gasteiger partial charge on any atom is -0.0990 e. The van der Waals surface area contributed by atoms with Crippen LogP contribution in [0.15, 0.2) is 146 Å². The van der Waals surface area contributed by atoms with Crippen LogP contribution in [-0.4, -0.2) is 0 Å². The molecule has 0 fully saturated rings. The average molecular weight is 655 g/mol. The smallest absolute Gasteiger partial charge is 0.0159 e. The third-order valence-corrected chi connectivity index (χ3v) is 12.6. The first-order valence-electron chi connectivity index (χ1n) is 18.6. The van der Waals surface area contributed by atoms with E-state index in [1.54, 1.807) is 0 Å². The van der Waals surface area contributed by atoms with E-state index in [1.807, 2.05) is 6.08 Å². The molecular formula is C51H42. The molecule has 0 atom stereocenters. The molecule has 0 heteroatoms. The van der Waals surface area contributed by atoms with Crippen LogP contribution in [0.5, 0.6) is 0 Å². The van der Waals surface area contributed by atoms with Crippen molar-refractivity contribution in [3.05, 3.63) is 190 Å². The fourth-order valence-electron chi connectivity index (χ4n) is 10.0. The van der Waals surface area contributed by atoms with Gasteiger partial charge in [-0.3, -0.25) is 0 Å². The number of rotatable bonds is 4. The molecule has 0 amide bonds. The van der Waals surface area contributed by atoms with Gasteiger partial charge in [0, 0.05) is 10.8 Å². The molecule has 0 saturated heterocycles. The third-order valence-electron chi connectivity index (χ3n) is 12.6. The first kappa shape index (κ1) is 30.4. The highest BCUT2D eigenvalue weighted by Gasteiger charge is 2.39. The topological polar surface area (TPSA) is 0 Å². The van der Waals surface area contributed by atoms with Crippen LogP contribution in [0.1, 0.15) is 85.0 Å². The van der Waals surface area contributed by atoms with Gasteiger partial charge in [-0.25, -0.2) is 0 Å². The maximum Gasteiger partial charge on any atom is 0.0159 e. The zero-order chi connectivity index (χ0) is 34.6. The second kappa shape index (κ2) is 10.8. The minimum absolute atomic E-state index is 0.0223. The van der Waals surface area contributed by atoms with Crippen molar-refractivity contribution in [2.75, 3.05) is 0 Å². The Bertz CT molecular complexity index is 2610. The number of benzene rings is 6. The highest BCUT2D eigenvalue weighted by atomic mass is 14.4. The molecule has 0 heterocycles. The van der Waals surface area contributed by atoms with Crippen molar-refractivity contribution in [1.29, 1.82) is 0 Å². The lowest BCUT2D eigenvalue weighted by atomic mass is 9.77. The van der Waals surface area contributed by atoms with E-state index in [2.05, 4.69) is 162 Å². The number of hydrogen-bond acceptors (Lipinski definition) is 0. The fourth-order valence-corrected chi connectivity index (χ4v) is 10.0. The molecule has 0 saturated carbocycles. The van der Waals surface area contributed by atoms with Crippen molar-refractivity contribution in [3.8, 4) is 33.4 Å². The molecule has 10 rings (SSSR count). The van der Waals surface area contributed by atoms with E-state index < -0.39 is 0 Å². The largest absolute Gasteiger partial charge is 0.0990 e. The maximum atomic E-state index is 4.17. The molecule has 4 aliphatic rings. The van der Waals surface area contributed by atoms with E-state index in [0.29, 0.717) is 0 Å². The minimum atomic E-state index is -0.0506. The van der Waals surface area contributed by atoms with Gasteiger partial charge in [0.15, 0.2) is 0 Å². The molecular weight excluding hydrogens is 613 g/mol. The Balaban J connectivity index is 1.10. The Kier molecular flexibility index (Phi) is 6.41. The van der Waals surface area contributed by atoms with Crippen LogP contribution in [-0.2, 0) is 17.3 Å². The van der Waals surface area contributed by atoms with Gasteiger partial charge in [0.05, 0.1) is 0 Å². The van der Waals surface area contributed by atoms with E-state index in [9.17, 15) is 0 Å². The molecule has 0 N–H and O–H groups in total. The van der Waals surface area contributed by atoms with Crippen molar-refractivity contribution in [2.24, 2.45) is 0 Å². The molecule has 0 aliphatic heterocycles. The highest BCUT2D eigenvalue weighted by Crippen LogP contribution is 2.53. The van der Waals surface area contributed by atoms with Gasteiger partial charge in [-0.05, 0) is 137 Å². The lowest BCUT2D eigenvalue weighted by molar-refractivity contribution is 0.655. The monoisotopic (exact) mass is 654 g/mol. The lowest BCUT2D eigenvalue weighted by Crippen LogP contribution is -2.15. The Morgan fingerprint density at radius 3 is 2.22 bits per heavy atom. The third kappa shape index (κ3) is 4.20. The van der Waals surface area contributed by atoms with Crippen LogP contribution < -0.4 is 0 Å². The Labute approximate surface area is 302 Å². The van der Waals surface area contributed by atoms with Crippen molar-refractivity contribution in [1.82, 2.24) is 0 Å². The second-order valence-electron chi connectivity index (χ2n) is 16.0. The predicted molar refractivity (Wildman–Crippen MR) is 217 cm³/mol. The first-order valence-corrected chi connectivity index (χ1v) is 18.6. The van der Waals surface area contributed by atoms with Gasteiger partial charge in [-0.15, -0.1) is 0 Å². The fraction of sp³-hybridized carbons (Fsp3) is 0.176. The van der Waals surface area contributed by atoms with Crippen LogP contribution in [0.2, 0.25) is 0 Å². The Hall–Kier alpha value is -5.46. The summed E-state index contributed by atoms with van der Waals surface area (Å²) in [5.41, 5.74) is 23.2. The summed E-state index contributed by atoms with van der Waals surface area (Å²) < 4.78 is 0. The molecule has 0 spiro atoms. The molecule has 0 aromatic heterocycles. The van der Waals surface area contributed by atoms with E-state index in [4.69, 9.17) is 0 Å². The highest BCUT2D eigenvalue weighted by molar-refractivity contribution is 6.09. The van der Waals surface area contributed by atoms with Crippen molar-refractivity contribution in [2.45, 2.75) is 57.8 Å². The van der Waals surface area contributed by atoms with E-state index in [-0.39, 0.29) is 10.8 Å². The van der Waals surface area contributed by atoms with Gasteiger partial charge in [0.25, 0.3) is 0 Å². The summed E-state index contributed by atoms with van der Waals surface area (Å²) in [5, 5.41) is 2.74. The van der Waals surface area contributed by atoms with Crippen molar-refractivity contribution in [3.63, 3.8) is 0 Å². The van der Waals surface area contributed by atoms with E-state index >= 15 is 0 Å². The van der Waals surface area contributed by atoms with Gasteiger partial charge >= 0.3 is 0 Å². The normalized spacial score (nSPS) is 17.1. The SMILES string of the molecule is C=C/C=C(/c1ccc2c(c1)C(C)(C)c1ccccc1-2)c1cccc2c1Cc1ccc(-c3ccc4c(c3)C(C)(C)C3=CCCC=C34)c3cccc-2c13. The number of hydrogen-bond donors (Lipinski definition) is 0. The zero-order valence-electron chi connectivity index (χ0n) is 30.0. The quantitative estimate of drug-likeness (QED) is 0.166. The summed E-state index contributed by atoms with van der Waals surface area (Å²) in [5.74, 6) is 0. The molecule has 0 nitrogen and oxygen atoms in total. The average Bonchev–Trinajstić information content (AvgIpc) is 3.53. The first-order chi connectivity index (χ1) is 24.8. The van der Waals surface area contributed by atoms with Gasteiger partial charge in [0.1, 0.15) is 0 Å². The number of fused-ring (bicyclic) bond motifs is 8. The Morgan fingerprint density at radius 2 is 1.33 bits per heavy atom. The standard InChI is InChI=1S/C51H42/c1-6-13-34(31-22-26-40-38-14-7-9-20-45(38)50(2,3)47(40)29-31)36-16-11-17-37-43-19-12-18-42-35(25-24-33(49(42)43)28-44(36)37)32-23-27-41-39-15-8-10-21-46(39)51(4,5)48(41)30-32/h6-7,9,11-27,29-30H,1,8,10,28H2,2-5H3/b34-13-. The van der Waals surface area contributed by atoms with E-state index in [0.717, 1.165) is 19.3 Å². The molecule has 0 radical (unpaired) electrons. The van der Waals surface area contributed by atoms with Gasteiger partial charge < -0.3 is 0 Å². The number of allylic oxidation sites excluding steroid dienone is 6. The predicted octanol–water partition coefficient (Wildman–Crippen LogP) is 13.4. The molecule has 6 aromatic carbocycles. The van der Waals surface area contributed by atoms with Gasteiger partial charge in [-0.2, -0.15) is 0 Å². The molecule has 6 aromatic rings. The molecule has 51 heavy (non-hydrogen) atoms. The summed E-state index contributed by atoms with van der Waals surface area (Å²) >= 11 is 0. The maximum absolute atomic E-state index is 4.17. The van der Waals surface area contributed by atoms with Crippen LogP contribution in [0, 0.1) is 0 Å². The molecule has 0 bridgehead atoms. The summed E-state index contributed by atoms with van der Waals surface area (Å²) in [6.45, 7) is 13.7. The van der Waals surface area contributed by atoms with Gasteiger partial charge in [-0.1, -0.05) is 156 Å². The molecule has 4 aliphatic carbocycles. The zero-order valence-corrected chi connectivity index (χ0v) is 30.0. The lowest BCUT2D eigenvalue weighted by Gasteiger charge is -2.26.